The van der Waals surface area contributed by atoms with Gasteiger partial charge in [0.2, 0.25) is 0 Å². The number of hydrogen-bond donors (Lipinski definition) is 1. The minimum absolute atomic E-state index is 0.0251. The van der Waals surface area contributed by atoms with E-state index >= 15 is 0 Å². The van der Waals surface area contributed by atoms with Crippen LogP contribution >= 0.6 is 23.4 Å². The Hall–Kier alpha value is -1.92. The Labute approximate surface area is 147 Å². The molecule has 1 amide bonds. The molecule has 0 bridgehead atoms. The fourth-order valence-electron chi connectivity index (χ4n) is 2.35. The number of benzene rings is 2. The van der Waals surface area contributed by atoms with Crippen LogP contribution in [0.4, 0.5) is 14.5 Å². The topological polar surface area (TPSA) is 41.5 Å². The molecule has 1 aliphatic heterocycles. The summed E-state index contributed by atoms with van der Waals surface area (Å²) in [5, 5.41) is 3.47. The van der Waals surface area contributed by atoms with Crippen molar-refractivity contribution in [2.75, 3.05) is 5.32 Å². The summed E-state index contributed by atoms with van der Waals surface area (Å²) in [6, 6.07) is 10.2. The number of amides is 1. The molecule has 1 heterocycles. The van der Waals surface area contributed by atoms with E-state index in [1.54, 1.807) is 25.1 Å². The highest BCUT2D eigenvalue weighted by atomic mass is 35.5. The van der Waals surface area contributed by atoms with Crippen LogP contribution in [0.1, 0.15) is 12.5 Å². The number of nitrogens with one attached hydrogen (secondary N) is 1. The summed E-state index contributed by atoms with van der Waals surface area (Å²) in [5.74, 6) is -1.11. The van der Waals surface area contributed by atoms with Crippen LogP contribution in [0.15, 0.2) is 47.5 Å². The van der Waals surface area contributed by atoms with Crippen molar-refractivity contribution in [2.24, 2.45) is 4.99 Å². The van der Waals surface area contributed by atoms with Crippen LogP contribution in [0.3, 0.4) is 0 Å². The molecule has 124 valence electrons. The fraction of sp³-hybridized carbons (Fsp3) is 0.176. The van der Waals surface area contributed by atoms with Crippen molar-refractivity contribution in [2.45, 2.75) is 18.1 Å². The zero-order valence-corrected chi connectivity index (χ0v) is 14.2. The molecule has 1 N–H and O–H groups in total. The number of halogens is 3. The van der Waals surface area contributed by atoms with Gasteiger partial charge in [0.25, 0.3) is 5.91 Å². The lowest BCUT2D eigenvalue weighted by molar-refractivity contribution is -0.119. The number of carbonyl (C=O) groups excluding carboxylic acids is 1. The molecular weight excluding hydrogens is 354 g/mol. The van der Waals surface area contributed by atoms with E-state index in [2.05, 4.69) is 10.3 Å². The summed E-state index contributed by atoms with van der Waals surface area (Å²) in [6.07, 6.45) is 0.370. The van der Waals surface area contributed by atoms with E-state index < -0.39 is 10.6 Å². The summed E-state index contributed by atoms with van der Waals surface area (Å²) in [5.41, 5.74) is 1.40. The Morgan fingerprint density at radius 2 is 1.92 bits per heavy atom. The predicted molar refractivity (Wildman–Crippen MR) is 93.6 cm³/mol. The van der Waals surface area contributed by atoms with E-state index in [0.29, 0.717) is 17.3 Å². The summed E-state index contributed by atoms with van der Waals surface area (Å²) in [7, 11) is 0. The van der Waals surface area contributed by atoms with Crippen molar-refractivity contribution in [1.82, 2.24) is 0 Å². The third-order valence-electron chi connectivity index (χ3n) is 3.60. The molecule has 0 radical (unpaired) electrons. The average Bonchev–Trinajstić information content (AvgIpc) is 2.79. The molecule has 3 rings (SSSR count). The third kappa shape index (κ3) is 3.60. The van der Waals surface area contributed by atoms with Gasteiger partial charge in [-0.2, -0.15) is 4.99 Å². The predicted octanol–water partition coefficient (Wildman–Crippen LogP) is 4.66. The number of amidine groups is 1. The van der Waals surface area contributed by atoms with Crippen LogP contribution in [0.25, 0.3) is 0 Å². The smallest absolute Gasteiger partial charge is 0.264 e. The molecule has 0 fully saturated rings. The quantitative estimate of drug-likeness (QED) is 0.858. The molecule has 1 unspecified atom stereocenters. The number of hydrogen-bond acceptors (Lipinski definition) is 3. The van der Waals surface area contributed by atoms with Crippen LogP contribution in [0.2, 0.25) is 5.02 Å². The highest BCUT2D eigenvalue weighted by Gasteiger charge is 2.41. The van der Waals surface area contributed by atoms with E-state index in [-0.39, 0.29) is 16.7 Å². The normalized spacial score (nSPS) is 20.2. The van der Waals surface area contributed by atoms with Gasteiger partial charge in [-0.05, 0) is 55.3 Å². The van der Waals surface area contributed by atoms with Gasteiger partial charge in [-0.15, -0.1) is 0 Å². The molecule has 0 spiro atoms. The molecule has 7 heteroatoms. The molecule has 24 heavy (non-hydrogen) atoms. The lowest BCUT2D eigenvalue weighted by Crippen LogP contribution is -2.30. The second kappa shape index (κ2) is 6.53. The SMILES string of the molecule is CC1(Cc2ccc(F)c(Cl)c2)SC(Nc2ccc(F)cc2)=NC1=O. The molecule has 0 aromatic heterocycles. The van der Waals surface area contributed by atoms with Gasteiger partial charge in [-0.1, -0.05) is 29.4 Å². The van der Waals surface area contributed by atoms with E-state index in [1.165, 1.54) is 36.0 Å². The second-order valence-electron chi connectivity index (χ2n) is 5.61. The maximum absolute atomic E-state index is 13.3. The van der Waals surface area contributed by atoms with Crippen molar-refractivity contribution < 1.29 is 13.6 Å². The number of nitrogens with zero attached hydrogens (tertiary/aromatic N) is 1. The van der Waals surface area contributed by atoms with Crippen molar-refractivity contribution in [3.8, 4) is 0 Å². The highest BCUT2D eigenvalue weighted by Crippen LogP contribution is 2.37. The maximum Gasteiger partial charge on any atom is 0.264 e. The number of rotatable bonds is 3. The lowest BCUT2D eigenvalue weighted by atomic mass is 9.99. The monoisotopic (exact) mass is 366 g/mol. The standard InChI is InChI=1S/C17H13ClF2N2OS/c1-17(9-10-2-7-14(20)13(18)8-10)15(23)22-16(24-17)21-12-5-3-11(19)4-6-12/h2-8H,9H2,1H3,(H,21,22,23). The van der Waals surface area contributed by atoms with Gasteiger partial charge in [0.05, 0.1) is 5.02 Å². The number of thioether (sulfide) groups is 1. The molecular formula is C17H13ClF2N2OS. The van der Waals surface area contributed by atoms with E-state index in [0.717, 1.165) is 5.56 Å². The molecule has 1 atom stereocenters. The first-order valence-corrected chi connectivity index (χ1v) is 8.34. The largest absolute Gasteiger partial charge is 0.335 e. The van der Waals surface area contributed by atoms with Crippen molar-refractivity contribution in [3.05, 3.63) is 64.7 Å². The van der Waals surface area contributed by atoms with Gasteiger partial charge in [-0.3, -0.25) is 4.79 Å². The van der Waals surface area contributed by atoms with E-state index in [9.17, 15) is 13.6 Å². The first-order chi connectivity index (χ1) is 11.4. The van der Waals surface area contributed by atoms with Crippen molar-refractivity contribution >= 4 is 40.1 Å². The zero-order valence-electron chi connectivity index (χ0n) is 12.6. The Bertz CT molecular complexity index is 826. The molecule has 0 aliphatic carbocycles. The Morgan fingerprint density at radius 1 is 1.21 bits per heavy atom. The van der Waals surface area contributed by atoms with E-state index in [4.69, 9.17) is 11.6 Å². The molecule has 0 saturated heterocycles. The lowest BCUT2D eigenvalue weighted by Gasteiger charge is -2.20. The fourth-order valence-corrected chi connectivity index (χ4v) is 3.65. The third-order valence-corrected chi connectivity index (χ3v) is 5.04. The van der Waals surface area contributed by atoms with Crippen LogP contribution in [-0.4, -0.2) is 15.8 Å². The summed E-state index contributed by atoms with van der Waals surface area (Å²) >= 11 is 7.08. The van der Waals surface area contributed by atoms with Gasteiger partial charge < -0.3 is 5.32 Å². The number of anilines is 1. The summed E-state index contributed by atoms with van der Waals surface area (Å²) in [4.78, 5) is 16.3. The van der Waals surface area contributed by atoms with Crippen LogP contribution in [0.5, 0.6) is 0 Å². The Kier molecular flexibility index (Phi) is 4.60. The summed E-state index contributed by atoms with van der Waals surface area (Å²) < 4.78 is 25.4. The first-order valence-electron chi connectivity index (χ1n) is 7.14. The van der Waals surface area contributed by atoms with Gasteiger partial charge in [0, 0.05) is 5.69 Å². The molecule has 2 aromatic rings. The molecule has 0 saturated carbocycles. The summed E-state index contributed by atoms with van der Waals surface area (Å²) in [6.45, 7) is 1.78. The van der Waals surface area contributed by atoms with Gasteiger partial charge >= 0.3 is 0 Å². The number of aliphatic imine (C=N–C) groups is 1. The minimum atomic E-state index is -0.802. The zero-order chi connectivity index (χ0) is 17.3. The van der Waals surface area contributed by atoms with E-state index in [1.807, 2.05) is 0 Å². The van der Waals surface area contributed by atoms with Crippen LogP contribution < -0.4 is 5.32 Å². The molecule has 2 aromatic carbocycles. The van der Waals surface area contributed by atoms with Crippen LogP contribution in [0, 0.1) is 11.6 Å². The van der Waals surface area contributed by atoms with Gasteiger partial charge in [-0.25, -0.2) is 8.78 Å². The minimum Gasteiger partial charge on any atom is -0.335 e. The Balaban J connectivity index is 1.72. The van der Waals surface area contributed by atoms with Gasteiger partial charge in [0.1, 0.15) is 16.4 Å². The second-order valence-corrected chi connectivity index (χ2v) is 7.51. The number of carbonyl (C=O) groups is 1. The molecule has 1 aliphatic rings. The highest BCUT2D eigenvalue weighted by molar-refractivity contribution is 8.16. The van der Waals surface area contributed by atoms with Crippen LogP contribution in [-0.2, 0) is 11.2 Å². The van der Waals surface area contributed by atoms with Gasteiger partial charge in [0.15, 0.2) is 5.17 Å². The van der Waals surface area contributed by atoms with Crippen molar-refractivity contribution in [1.29, 1.82) is 0 Å². The van der Waals surface area contributed by atoms with Crippen molar-refractivity contribution in [3.63, 3.8) is 0 Å². The molecule has 3 nitrogen and oxygen atoms in total. The maximum atomic E-state index is 13.3. The Morgan fingerprint density at radius 3 is 2.58 bits per heavy atom. The average molecular weight is 367 g/mol. The first kappa shape index (κ1) is 16.9.